The van der Waals surface area contributed by atoms with Gasteiger partial charge in [-0.25, -0.2) is 4.98 Å². The minimum absolute atomic E-state index is 0.420. The highest BCUT2D eigenvalue weighted by Crippen LogP contribution is 2.32. The van der Waals surface area contributed by atoms with Crippen LogP contribution in [0.15, 0.2) is 12.2 Å². The molecule has 0 unspecified atom stereocenters. The number of hydrogen-bond acceptors (Lipinski definition) is 3. The zero-order chi connectivity index (χ0) is 13.1. The van der Waals surface area contributed by atoms with Crippen LogP contribution in [-0.4, -0.2) is 11.6 Å². The fourth-order valence-corrected chi connectivity index (χ4v) is 2.42. The van der Waals surface area contributed by atoms with Crippen molar-refractivity contribution in [1.82, 2.24) is 4.98 Å². The summed E-state index contributed by atoms with van der Waals surface area (Å²) >= 11 is 0. The zero-order valence-electron chi connectivity index (χ0n) is 11.0. The Morgan fingerprint density at radius 1 is 1.44 bits per heavy atom. The number of rotatable bonds is 4. The van der Waals surface area contributed by atoms with Crippen molar-refractivity contribution in [1.29, 1.82) is 5.26 Å². The predicted molar refractivity (Wildman–Crippen MR) is 70.7 cm³/mol. The first-order chi connectivity index (χ1) is 8.67. The molecular formula is C15H18N2O. The monoisotopic (exact) mass is 242 g/mol. The summed E-state index contributed by atoms with van der Waals surface area (Å²) in [6.45, 7) is 8.22. The molecule has 94 valence electrons. The van der Waals surface area contributed by atoms with Crippen LogP contribution in [0.5, 0.6) is 5.88 Å². The maximum atomic E-state index is 9.32. The van der Waals surface area contributed by atoms with Crippen molar-refractivity contribution in [2.24, 2.45) is 0 Å². The molecule has 2 rings (SSSR count). The Kier molecular flexibility index (Phi) is 3.66. The van der Waals surface area contributed by atoms with E-state index in [0.29, 0.717) is 18.1 Å². The van der Waals surface area contributed by atoms with E-state index in [4.69, 9.17) is 4.74 Å². The first-order valence-corrected chi connectivity index (χ1v) is 6.39. The Balaban J connectivity index is 2.46. The van der Waals surface area contributed by atoms with Crippen LogP contribution < -0.4 is 4.74 Å². The minimum atomic E-state index is 0.420. The molecule has 0 bridgehead atoms. The van der Waals surface area contributed by atoms with E-state index >= 15 is 0 Å². The SMILES string of the molecule is C=C(C)COc1nc(CC)c2c(c1C#N)CCC2. The van der Waals surface area contributed by atoms with Crippen molar-refractivity contribution >= 4 is 0 Å². The maximum Gasteiger partial charge on any atom is 0.232 e. The molecule has 0 amide bonds. The molecule has 0 aliphatic heterocycles. The van der Waals surface area contributed by atoms with Crippen molar-refractivity contribution in [2.75, 3.05) is 6.61 Å². The van der Waals surface area contributed by atoms with Gasteiger partial charge in [-0.2, -0.15) is 5.26 Å². The molecule has 0 saturated heterocycles. The molecule has 1 aromatic rings. The van der Waals surface area contributed by atoms with Gasteiger partial charge in [-0.1, -0.05) is 13.5 Å². The van der Waals surface area contributed by atoms with Crippen molar-refractivity contribution in [2.45, 2.75) is 39.5 Å². The summed E-state index contributed by atoms with van der Waals surface area (Å²) in [5.41, 5.74) is 5.07. The van der Waals surface area contributed by atoms with Gasteiger partial charge >= 0.3 is 0 Å². The lowest BCUT2D eigenvalue weighted by atomic mass is 10.0. The molecule has 0 atom stereocenters. The molecule has 3 heteroatoms. The molecule has 0 radical (unpaired) electrons. The smallest absolute Gasteiger partial charge is 0.232 e. The second kappa shape index (κ2) is 5.22. The van der Waals surface area contributed by atoms with Gasteiger partial charge in [-0.05, 0) is 49.3 Å². The van der Waals surface area contributed by atoms with Crippen molar-refractivity contribution in [3.63, 3.8) is 0 Å². The van der Waals surface area contributed by atoms with Crippen molar-refractivity contribution in [3.05, 3.63) is 34.5 Å². The molecule has 0 N–H and O–H groups in total. The summed E-state index contributed by atoms with van der Waals surface area (Å²) in [6, 6.07) is 2.25. The third-order valence-corrected chi connectivity index (χ3v) is 3.22. The second-order valence-corrected chi connectivity index (χ2v) is 4.76. The summed E-state index contributed by atoms with van der Waals surface area (Å²) in [6.07, 6.45) is 4.01. The lowest BCUT2D eigenvalue weighted by Crippen LogP contribution is -2.07. The summed E-state index contributed by atoms with van der Waals surface area (Å²) < 4.78 is 5.62. The van der Waals surface area contributed by atoms with Crippen LogP contribution in [0.25, 0.3) is 0 Å². The summed E-state index contributed by atoms with van der Waals surface area (Å²) in [7, 11) is 0. The number of hydrogen-bond donors (Lipinski definition) is 0. The molecule has 0 aromatic carbocycles. The Bertz CT molecular complexity index is 526. The first-order valence-electron chi connectivity index (χ1n) is 6.39. The van der Waals surface area contributed by atoms with Gasteiger partial charge in [0.25, 0.3) is 0 Å². The molecule has 1 aliphatic rings. The molecule has 1 aromatic heterocycles. The second-order valence-electron chi connectivity index (χ2n) is 4.76. The summed E-state index contributed by atoms with van der Waals surface area (Å²) in [4.78, 5) is 4.52. The standard InChI is InChI=1S/C15H18N2O/c1-4-14-12-7-5-6-11(12)13(8-16)15(17-14)18-9-10(2)3/h2,4-7,9H2,1,3H3. The predicted octanol–water partition coefficient (Wildman–Crippen LogP) is 2.96. The third kappa shape index (κ3) is 2.24. The molecular weight excluding hydrogens is 224 g/mol. The van der Waals surface area contributed by atoms with Crippen LogP contribution in [0.3, 0.4) is 0 Å². The Morgan fingerprint density at radius 2 is 2.17 bits per heavy atom. The van der Waals surface area contributed by atoms with Gasteiger partial charge < -0.3 is 4.74 Å². The summed E-state index contributed by atoms with van der Waals surface area (Å²) in [5.74, 6) is 0.484. The number of fused-ring (bicyclic) bond motifs is 1. The van der Waals surface area contributed by atoms with Crippen LogP contribution in [0.4, 0.5) is 0 Å². The van der Waals surface area contributed by atoms with Crippen LogP contribution in [0.2, 0.25) is 0 Å². The van der Waals surface area contributed by atoms with E-state index in [1.165, 1.54) is 5.56 Å². The van der Waals surface area contributed by atoms with Gasteiger partial charge in [0.2, 0.25) is 5.88 Å². The van der Waals surface area contributed by atoms with Gasteiger partial charge in [0, 0.05) is 5.69 Å². The summed E-state index contributed by atoms with van der Waals surface area (Å²) in [5, 5.41) is 9.32. The molecule has 1 heterocycles. The van der Waals surface area contributed by atoms with Crippen molar-refractivity contribution < 1.29 is 4.74 Å². The van der Waals surface area contributed by atoms with Gasteiger partial charge in [0.05, 0.1) is 0 Å². The van der Waals surface area contributed by atoms with Crippen LogP contribution in [0.1, 0.15) is 42.7 Å². The van der Waals surface area contributed by atoms with Crippen LogP contribution in [0, 0.1) is 11.3 Å². The normalized spacial score (nSPS) is 12.9. The largest absolute Gasteiger partial charge is 0.472 e. The molecule has 0 saturated carbocycles. The highest BCUT2D eigenvalue weighted by molar-refractivity contribution is 5.52. The number of nitrogens with zero attached hydrogens (tertiary/aromatic N) is 2. The number of nitriles is 1. The average Bonchev–Trinajstić information content (AvgIpc) is 2.83. The number of aryl methyl sites for hydroxylation is 1. The highest BCUT2D eigenvalue weighted by Gasteiger charge is 2.23. The fourth-order valence-electron chi connectivity index (χ4n) is 2.42. The van der Waals surface area contributed by atoms with E-state index in [1.807, 2.05) is 6.92 Å². The average molecular weight is 242 g/mol. The van der Waals surface area contributed by atoms with Gasteiger partial charge in [-0.15, -0.1) is 0 Å². The van der Waals surface area contributed by atoms with E-state index in [1.54, 1.807) is 0 Å². The molecule has 18 heavy (non-hydrogen) atoms. The Morgan fingerprint density at radius 3 is 2.78 bits per heavy atom. The quantitative estimate of drug-likeness (QED) is 0.762. The Labute approximate surface area is 108 Å². The van der Waals surface area contributed by atoms with Crippen molar-refractivity contribution in [3.8, 4) is 11.9 Å². The molecule has 1 aliphatic carbocycles. The van der Waals surface area contributed by atoms with E-state index < -0.39 is 0 Å². The number of aromatic nitrogens is 1. The van der Waals surface area contributed by atoms with E-state index in [-0.39, 0.29) is 0 Å². The van der Waals surface area contributed by atoms with E-state index in [2.05, 4.69) is 24.6 Å². The Hall–Kier alpha value is -1.82. The van der Waals surface area contributed by atoms with E-state index in [0.717, 1.165) is 42.5 Å². The number of pyridine rings is 1. The fraction of sp³-hybridized carbons (Fsp3) is 0.467. The van der Waals surface area contributed by atoms with Gasteiger partial charge in [0.1, 0.15) is 18.2 Å². The minimum Gasteiger partial charge on any atom is -0.472 e. The molecule has 0 spiro atoms. The first kappa shape index (κ1) is 12.6. The van der Waals surface area contributed by atoms with Gasteiger partial charge in [-0.3, -0.25) is 0 Å². The molecule has 0 fully saturated rings. The lowest BCUT2D eigenvalue weighted by molar-refractivity contribution is 0.336. The lowest BCUT2D eigenvalue weighted by Gasteiger charge is -2.13. The third-order valence-electron chi connectivity index (χ3n) is 3.22. The van der Waals surface area contributed by atoms with Crippen LogP contribution in [-0.2, 0) is 19.3 Å². The zero-order valence-corrected chi connectivity index (χ0v) is 11.0. The molecule has 3 nitrogen and oxygen atoms in total. The topological polar surface area (TPSA) is 45.9 Å². The van der Waals surface area contributed by atoms with E-state index in [9.17, 15) is 5.26 Å². The van der Waals surface area contributed by atoms with Crippen LogP contribution >= 0.6 is 0 Å². The van der Waals surface area contributed by atoms with Gasteiger partial charge in [0.15, 0.2) is 0 Å². The number of ether oxygens (including phenoxy) is 1. The highest BCUT2D eigenvalue weighted by atomic mass is 16.5. The maximum absolute atomic E-state index is 9.32.